The minimum atomic E-state index is -4.13. The Morgan fingerprint density at radius 3 is 2.10 bits per heavy atom. The average Bonchev–Trinajstić information content (AvgIpc) is 2.97. The Labute approximate surface area is 228 Å². The minimum absolute atomic E-state index is 0.0263. The van der Waals surface area contributed by atoms with E-state index in [0.29, 0.717) is 5.75 Å². The third-order valence-electron chi connectivity index (χ3n) is 6.07. The highest BCUT2D eigenvalue weighted by atomic mass is 32.2. The first-order valence-electron chi connectivity index (χ1n) is 12.3. The number of carbonyl (C=O) groups is 2. The summed E-state index contributed by atoms with van der Waals surface area (Å²) in [4.78, 5) is 26.4. The number of rotatable bonds is 10. The fourth-order valence-corrected chi connectivity index (χ4v) is 5.52. The zero-order valence-electron chi connectivity index (χ0n) is 21.6. The number of anilines is 2. The molecule has 0 unspecified atom stereocenters. The number of sulfonamides is 1. The molecule has 0 aliphatic heterocycles. The highest BCUT2D eigenvalue weighted by Gasteiger charge is 2.29. The second-order valence-corrected chi connectivity index (χ2v) is 10.6. The number of hydrogen-bond donors (Lipinski definition) is 2. The molecule has 39 heavy (non-hydrogen) atoms. The molecule has 0 heterocycles. The maximum atomic E-state index is 13.6. The number of nitrogens with one attached hydrogen (secondary N) is 2. The van der Waals surface area contributed by atoms with E-state index in [1.165, 1.54) is 19.2 Å². The van der Waals surface area contributed by atoms with Crippen molar-refractivity contribution in [3.05, 3.63) is 120 Å². The smallest absolute Gasteiger partial charge is 0.264 e. The van der Waals surface area contributed by atoms with Gasteiger partial charge >= 0.3 is 0 Å². The molecule has 0 spiro atoms. The lowest BCUT2D eigenvalue weighted by molar-refractivity contribution is -0.114. The second kappa shape index (κ2) is 12.3. The quantitative estimate of drug-likeness (QED) is 0.292. The summed E-state index contributed by atoms with van der Waals surface area (Å²) in [6.07, 6.45) is 0. The van der Waals surface area contributed by atoms with Crippen molar-refractivity contribution in [2.24, 2.45) is 0 Å². The van der Waals surface area contributed by atoms with E-state index >= 15 is 0 Å². The van der Waals surface area contributed by atoms with Gasteiger partial charge in [-0.2, -0.15) is 0 Å². The van der Waals surface area contributed by atoms with Crippen LogP contribution in [0.3, 0.4) is 0 Å². The third-order valence-corrected chi connectivity index (χ3v) is 7.84. The Bertz CT molecular complexity index is 1540. The first-order chi connectivity index (χ1) is 18.8. The molecule has 0 aromatic heterocycles. The van der Waals surface area contributed by atoms with Crippen LogP contribution in [0.2, 0.25) is 0 Å². The van der Waals surface area contributed by atoms with Crippen molar-refractivity contribution >= 4 is 33.2 Å². The van der Waals surface area contributed by atoms with Crippen molar-refractivity contribution in [3.63, 3.8) is 0 Å². The molecule has 4 rings (SSSR count). The van der Waals surface area contributed by atoms with Crippen LogP contribution in [-0.2, 0) is 14.8 Å². The van der Waals surface area contributed by atoms with Crippen LogP contribution in [0.5, 0.6) is 5.75 Å². The highest BCUT2D eigenvalue weighted by Crippen LogP contribution is 2.32. The van der Waals surface area contributed by atoms with Crippen molar-refractivity contribution < 1.29 is 22.7 Å². The van der Waals surface area contributed by atoms with Gasteiger partial charge in [0.25, 0.3) is 15.9 Å². The Kier molecular flexibility index (Phi) is 8.63. The molecule has 0 bridgehead atoms. The zero-order valence-corrected chi connectivity index (χ0v) is 22.4. The number of amides is 2. The van der Waals surface area contributed by atoms with E-state index in [-0.39, 0.29) is 33.8 Å². The lowest BCUT2D eigenvalue weighted by atomic mass is 10.1. The molecule has 8 nitrogen and oxygen atoms in total. The Hall–Kier alpha value is -4.63. The minimum Gasteiger partial charge on any atom is -0.495 e. The van der Waals surface area contributed by atoms with E-state index < -0.39 is 22.5 Å². The lowest BCUT2D eigenvalue weighted by Gasteiger charge is -2.25. The molecule has 1 atom stereocenters. The summed E-state index contributed by atoms with van der Waals surface area (Å²) < 4.78 is 33.7. The van der Waals surface area contributed by atoms with Crippen LogP contribution in [0.15, 0.2) is 114 Å². The summed E-state index contributed by atoms with van der Waals surface area (Å²) in [7, 11) is -2.71. The van der Waals surface area contributed by atoms with E-state index in [2.05, 4.69) is 10.6 Å². The fraction of sp³-hybridized carbons (Fsp3) is 0.133. The van der Waals surface area contributed by atoms with Crippen molar-refractivity contribution in [2.75, 3.05) is 23.3 Å². The van der Waals surface area contributed by atoms with Crippen LogP contribution in [0.4, 0.5) is 11.4 Å². The topological polar surface area (TPSA) is 105 Å². The predicted molar refractivity (Wildman–Crippen MR) is 151 cm³/mol. The van der Waals surface area contributed by atoms with Gasteiger partial charge in [-0.15, -0.1) is 0 Å². The van der Waals surface area contributed by atoms with Crippen LogP contribution in [0.25, 0.3) is 0 Å². The molecule has 0 aliphatic rings. The van der Waals surface area contributed by atoms with Gasteiger partial charge in [0.05, 0.1) is 35.0 Å². The number of methoxy groups -OCH3 is 1. The van der Waals surface area contributed by atoms with Gasteiger partial charge in [-0.3, -0.25) is 13.9 Å². The maximum Gasteiger partial charge on any atom is 0.264 e. The molecule has 2 amide bonds. The standard InChI is InChI=1S/C30H29N3O5S/c1-22(23-13-5-3-6-14-23)31-30(35)25-17-9-10-18-26(25)32-29(34)21-33(27-19-11-12-20-28(27)38-2)39(36,37)24-15-7-4-8-16-24/h3-20,22H,21H2,1-2H3,(H,31,35)(H,32,34)/t22-/m0/s1. The zero-order chi connectivity index (χ0) is 27.8. The summed E-state index contributed by atoms with van der Waals surface area (Å²) >= 11 is 0. The maximum absolute atomic E-state index is 13.6. The number of hydrogen-bond acceptors (Lipinski definition) is 5. The van der Waals surface area contributed by atoms with Gasteiger partial charge in [0.15, 0.2) is 0 Å². The van der Waals surface area contributed by atoms with Crippen molar-refractivity contribution in [3.8, 4) is 5.75 Å². The molecule has 0 fully saturated rings. The first-order valence-corrected chi connectivity index (χ1v) is 13.7. The number of para-hydroxylation sites is 3. The van der Waals surface area contributed by atoms with E-state index in [0.717, 1.165) is 9.87 Å². The van der Waals surface area contributed by atoms with Gasteiger partial charge in [-0.1, -0.05) is 72.8 Å². The van der Waals surface area contributed by atoms with E-state index in [9.17, 15) is 18.0 Å². The SMILES string of the molecule is COc1ccccc1N(CC(=O)Nc1ccccc1C(=O)N[C@@H](C)c1ccccc1)S(=O)(=O)c1ccccc1. The predicted octanol–water partition coefficient (Wildman–Crippen LogP) is 5.02. The van der Waals surface area contributed by atoms with Gasteiger partial charge in [-0.05, 0) is 48.9 Å². The summed E-state index contributed by atoms with van der Waals surface area (Å²) in [6, 6.07) is 30.2. The van der Waals surface area contributed by atoms with Gasteiger partial charge in [0.2, 0.25) is 5.91 Å². The molecule has 0 aliphatic carbocycles. The lowest BCUT2D eigenvalue weighted by Crippen LogP contribution is -2.38. The van der Waals surface area contributed by atoms with Crippen LogP contribution in [0.1, 0.15) is 28.9 Å². The van der Waals surface area contributed by atoms with Crippen molar-refractivity contribution in [1.29, 1.82) is 0 Å². The van der Waals surface area contributed by atoms with E-state index in [4.69, 9.17) is 4.74 Å². The van der Waals surface area contributed by atoms with Crippen LogP contribution in [0, 0.1) is 0 Å². The Morgan fingerprint density at radius 2 is 1.41 bits per heavy atom. The van der Waals surface area contributed by atoms with E-state index in [1.54, 1.807) is 66.7 Å². The average molecular weight is 544 g/mol. The van der Waals surface area contributed by atoms with Crippen LogP contribution in [-0.4, -0.2) is 33.9 Å². The van der Waals surface area contributed by atoms with Gasteiger partial charge < -0.3 is 15.4 Å². The van der Waals surface area contributed by atoms with Gasteiger partial charge in [0, 0.05) is 0 Å². The molecule has 0 radical (unpaired) electrons. The Balaban J connectivity index is 1.60. The molecule has 200 valence electrons. The van der Waals surface area contributed by atoms with Crippen molar-refractivity contribution in [1.82, 2.24) is 5.32 Å². The second-order valence-electron chi connectivity index (χ2n) is 8.70. The summed E-state index contributed by atoms with van der Waals surface area (Å²) in [5.74, 6) is -0.711. The first kappa shape index (κ1) is 27.4. The normalized spacial score (nSPS) is 11.7. The molecule has 2 N–H and O–H groups in total. The number of carbonyl (C=O) groups excluding carboxylic acids is 2. The van der Waals surface area contributed by atoms with Crippen molar-refractivity contribution in [2.45, 2.75) is 17.9 Å². The summed E-state index contributed by atoms with van der Waals surface area (Å²) in [5.41, 5.74) is 1.66. The number of benzene rings is 4. The molecule has 0 saturated heterocycles. The summed E-state index contributed by atoms with van der Waals surface area (Å²) in [5, 5.41) is 5.66. The summed E-state index contributed by atoms with van der Waals surface area (Å²) in [6.45, 7) is 1.32. The monoisotopic (exact) mass is 543 g/mol. The third kappa shape index (κ3) is 6.45. The number of ether oxygens (including phenoxy) is 1. The van der Waals surface area contributed by atoms with Gasteiger partial charge in [0.1, 0.15) is 12.3 Å². The molecular weight excluding hydrogens is 514 g/mol. The van der Waals surface area contributed by atoms with Gasteiger partial charge in [-0.25, -0.2) is 8.42 Å². The number of nitrogens with zero attached hydrogens (tertiary/aromatic N) is 1. The molecule has 9 heteroatoms. The van der Waals surface area contributed by atoms with Crippen LogP contribution >= 0.6 is 0 Å². The molecule has 4 aromatic carbocycles. The van der Waals surface area contributed by atoms with Crippen LogP contribution < -0.4 is 19.7 Å². The molecular formula is C30H29N3O5S. The Morgan fingerprint density at radius 1 is 0.821 bits per heavy atom. The fourth-order valence-electron chi connectivity index (χ4n) is 4.06. The molecule has 0 saturated carbocycles. The van der Waals surface area contributed by atoms with E-state index in [1.807, 2.05) is 37.3 Å². The largest absolute Gasteiger partial charge is 0.495 e. The highest BCUT2D eigenvalue weighted by molar-refractivity contribution is 7.92. The molecule has 4 aromatic rings.